The van der Waals surface area contributed by atoms with Gasteiger partial charge in [-0.1, -0.05) is 13.0 Å². The molecular formula is C23H25N3O5S. The number of sulfone groups is 1. The summed E-state index contributed by atoms with van der Waals surface area (Å²) in [6, 6.07) is 9.42. The van der Waals surface area contributed by atoms with Gasteiger partial charge in [0.2, 0.25) is 9.84 Å². The van der Waals surface area contributed by atoms with E-state index < -0.39 is 15.7 Å². The van der Waals surface area contributed by atoms with Crippen LogP contribution in [0.5, 0.6) is 5.75 Å². The van der Waals surface area contributed by atoms with Crippen LogP contribution in [0.2, 0.25) is 0 Å². The van der Waals surface area contributed by atoms with Crippen molar-refractivity contribution in [2.24, 2.45) is 0 Å². The van der Waals surface area contributed by atoms with Gasteiger partial charge in [0.15, 0.2) is 0 Å². The molecule has 1 heterocycles. The van der Waals surface area contributed by atoms with Crippen LogP contribution in [0.25, 0.3) is 0 Å². The number of anilines is 1. The Morgan fingerprint density at radius 2 is 1.88 bits per heavy atom. The number of pyridine rings is 1. The number of benzene rings is 2. The number of hydroxylamine groups is 1. The molecule has 0 aliphatic carbocycles. The second kappa shape index (κ2) is 9.37. The third-order valence-corrected chi connectivity index (χ3v) is 7.33. The highest BCUT2D eigenvalue weighted by Crippen LogP contribution is 2.37. The molecule has 0 spiro atoms. The zero-order valence-corrected chi connectivity index (χ0v) is 18.9. The molecule has 0 saturated carbocycles. The third kappa shape index (κ3) is 4.17. The van der Waals surface area contributed by atoms with Crippen LogP contribution >= 0.6 is 0 Å². The molecule has 0 saturated heterocycles. The third-order valence-electron chi connectivity index (χ3n) is 5.39. The number of hydrogen-bond acceptors (Lipinski definition) is 7. The Balaban J connectivity index is 2.37. The van der Waals surface area contributed by atoms with Gasteiger partial charge in [-0.3, -0.25) is 15.0 Å². The molecular weight excluding hydrogens is 430 g/mol. The number of aromatic nitrogens is 1. The zero-order chi connectivity index (χ0) is 23.5. The largest absolute Gasteiger partial charge is 0.497 e. The van der Waals surface area contributed by atoms with Gasteiger partial charge in [-0.2, -0.15) is 0 Å². The van der Waals surface area contributed by atoms with Crippen molar-refractivity contribution in [3.8, 4) is 5.75 Å². The van der Waals surface area contributed by atoms with Crippen molar-refractivity contribution in [2.75, 3.05) is 12.8 Å². The zero-order valence-electron chi connectivity index (χ0n) is 18.0. The first-order chi connectivity index (χ1) is 15.3. The SMILES string of the molecule is CCc1c(N)c(C)c(S(=O)(=O)c2ccc(OC)cc2)c(C(=O)NO)c1Cc1cccnc1. The summed E-state index contributed by atoms with van der Waals surface area (Å²) in [5.74, 6) is -0.430. The fourth-order valence-electron chi connectivity index (χ4n) is 3.80. The van der Waals surface area contributed by atoms with E-state index in [0.29, 0.717) is 29.0 Å². The van der Waals surface area contributed by atoms with Crippen LogP contribution in [0.4, 0.5) is 5.69 Å². The smallest absolute Gasteiger partial charge is 0.276 e. The van der Waals surface area contributed by atoms with Crippen molar-refractivity contribution < 1.29 is 23.2 Å². The number of carbonyl (C=O) groups excluding carboxylic acids is 1. The molecule has 1 aromatic heterocycles. The second-order valence-electron chi connectivity index (χ2n) is 7.21. The minimum Gasteiger partial charge on any atom is -0.497 e. The van der Waals surface area contributed by atoms with Crippen molar-refractivity contribution in [1.29, 1.82) is 0 Å². The molecule has 0 unspecified atom stereocenters. The molecule has 168 valence electrons. The summed E-state index contributed by atoms with van der Waals surface area (Å²) in [6.45, 7) is 3.43. The van der Waals surface area contributed by atoms with Crippen molar-refractivity contribution in [2.45, 2.75) is 36.5 Å². The molecule has 3 aromatic rings. The predicted molar refractivity (Wildman–Crippen MR) is 120 cm³/mol. The highest BCUT2D eigenvalue weighted by atomic mass is 32.2. The fraction of sp³-hybridized carbons (Fsp3) is 0.217. The lowest BCUT2D eigenvalue weighted by Gasteiger charge is -2.22. The van der Waals surface area contributed by atoms with Gasteiger partial charge in [0.1, 0.15) is 5.75 Å². The number of nitrogen functional groups attached to an aromatic ring is 1. The molecule has 0 aliphatic heterocycles. The lowest BCUT2D eigenvalue weighted by atomic mass is 9.90. The minimum absolute atomic E-state index is 0.0237. The standard InChI is InChI=1S/C23H25N3O5S/c1-4-18-19(12-15-6-5-11-25-13-15)20(23(27)26-28)22(14(2)21(18)24)32(29,30)17-9-7-16(31-3)8-10-17/h5-11,13,28H,4,12,24H2,1-3H3,(H,26,27). The van der Waals surface area contributed by atoms with Gasteiger partial charge in [0.05, 0.1) is 22.5 Å². The lowest BCUT2D eigenvalue weighted by Crippen LogP contribution is -2.26. The Hall–Kier alpha value is -3.43. The Kier molecular flexibility index (Phi) is 6.81. The van der Waals surface area contributed by atoms with Crippen LogP contribution in [0, 0.1) is 6.92 Å². The maximum Gasteiger partial charge on any atom is 0.276 e. The number of rotatable bonds is 7. The average molecular weight is 456 g/mol. The van der Waals surface area contributed by atoms with E-state index in [-0.39, 0.29) is 27.3 Å². The molecule has 9 heteroatoms. The number of methoxy groups -OCH3 is 1. The van der Waals surface area contributed by atoms with Crippen molar-refractivity contribution >= 4 is 21.4 Å². The van der Waals surface area contributed by atoms with E-state index in [1.807, 2.05) is 13.0 Å². The highest BCUT2D eigenvalue weighted by molar-refractivity contribution is 7.91. The van der Waals surface area contributed by atoms with E-state index in [2.05, 4.69) is 4.98 Å². The van der Waals surface area contributed by atoms with E-state index in [1.54, 1.807) is 30.9 Å². The Morgan fingerprint density at radius 3 is 2.41 bits per heavy atom. The summed E-state index contributed by atoms with van der Waals surface area (Å²) >= 11 is 0. The Morgan fingerprint density at radius 1 is 1.19 bits per heavy atom. The molecule has 0 atom stereocenters. The summed E-state index contributed by atoms with van der Waals surface area (Å²) in [5, 5.41) is 9.48. The molecule has 0 aliphatic rings. The number of nitrogens with one attached hydrogen (secondary N) is 1. The molecule has 32 heavy (non-hydrogen) atoms. The number of carbonyl (C=O) groups is 1. The van der Waals surface area contributed by atoms with Crippen LogP contribution in [-0.2, 0) is 22.7 Å². The van der Waals surface area contributed by atoms with Gasteiger partial charge in [0.25, 0.3) is 5.91 Å². The van der Waals surface area contributed by atoms with Gasteiger partial charge in [0, 0.05) is 24.5 Å². The van der Waals surface area contributed by atoms with Gasteiger partial charge < -0.3 is 10.5 Å². The number of hydrogen-bond donors (Lipinski definition) is 3. The summed E-state index contributed by atoms with van der Waals surface area (Å²) in [5.41, 5.74) is 10.3. The quantitative estimate of drug-likeness (QED) is 0.283. The van der Waals surface area contributed by atoms with Crippen LogP contribution in [0.3, 0.4) is 0 Å². The molecule has 0 radical (unpaired) electrons. The minimum atomic E-state index is -4.17. The topological polar surface area (TPSA) is 132 Å². The van der Waals surface area contributed by atoms with Gasteiger partial charge in [-0.25, -0.2) is 13.9 Å². The molecule has 0 bridgehead atoms. The highest BCUT2D eigenvalue weighted by Gasteiger charge is 2.32. The monoisotopic (exact) mass is 455 g/mol. The van der Waals surface area contributed by atoms with Gasteiger partial charge in [-0.15, -0.1) is 0 Å². The summed E-state index contributed by atoms with van der Waals surface area (Å²) in [4.78, 5) is 16.7. The lowest BCUT2D eigenvalue weighted by molar-refractivity contribution is 0.0701. The first-order valence-corrected chi connectivity index (χ1v) is 11.4. The molecule has 3 rings (SSSR count). The fourth-order valence-corrected chi connectivity index (χ4v) is 5.52. The Bertz CT molecular complexity index is 1240. The van der Waals surface area contributed by atoms with Gasteiger partial charge in [-0.05, 0) is 65.9 Å². The summed E-state index contributed by atoms with van der Waals surface area (Å²) in [7, 11) is -2.69. The van der Waals surface area contributed by atoms with E-state index >= 15 is 0 Å². The molecule has 0 fully saturated rings. The normalized spacial score (nSPS) is 11.2. The van der Waals surface area contributed by atoms with Crippen LogP contribution < -0.4 is 16.0 Å². The molecule has 4 N–H and O–H groups in total. The van der Waals surface area contributed by atoms with Crippen molar-refractivity contribution in [3.63, 3.8) is 0 Å². The average Bonchev–Trinajstić information content (AvgIpc) is 2.81. The molecule has 8 nitrogen and oxygen atoms in total. The first-order valence-electron chi connectivity index (χ1n) is 9.92. The summed E-state index contributed by atoms with van der Waals surface area (Å²) < 4.78 is 32.5. The maximum absolute atomic E-state index is 13.7. The summed E-state index contributed by atoms with van der Waals surface area (Å²) in [6.07, 6.45) is 3.94. The predicted octanol–water partition coefficient (Wildman–Crippen LogP) is 3.09. The Labute approximate surface area is 186 Å². The number of ether oxygens (including phenoxy) is 1. The van der Waals surface area contributed by atoms with E-state index in [9.17, 15) is 18.4 Å². The number of nitrogens with zero attached hydrogens (tertiary/aromatic N) is 1. The second-order valence-corrected chi connectivity index (χ2v) is 9.10. The van der Waals surface area contributed by atoms with E-state index in [1.165, 1.54) is 31.4 Å². The first kappa shape index (κ1) is 23.2. The van der Waals surface area contributed by atoms with Gasteiger partial charge >= 0.3 is 0 Å². The molecule has 2 aromatic carbocycles. The van der Waals surface area contributed by atoms with Crippen molar-refractivity contribution in [1.82, 2.24) is 10.5 Å². The molecule has 1 amide bonds. The maximum atomic E-state index is 13.7. The van der Waals surface area contributed by atoms with Crippen LogP contribution in [0.1, 0.15) is 39.5 Å². The van der Waals surface area contributed by atoms with Crippen molar-refractivity contribution in [3.05, 3.63) is 76.6 Å². The van der Waals surface area contributed by atoms with E-state index in [0.717, 1.165) is 5.56 Å². The number of nitrogens with two attached hydrogens (primary N) is 1. The van der Waals surface area contributed by atoms with E-state index in [4.69, 9.17) is 10.5 Å². The van der Waals surface area contributed by atoms with Crippen LogP contribution in [-0.4, -0.2) is 31.6 Å². The number of amides is 1. The van der Waals surface area contributed by atoms with Crippen LogP contribution in [0.15, 0.2) is 58.6 Å².